The van der Waals surface area contributed by atoms with E-state index in [1.165, 1.54) is 0 Å². The van der Waals surface area contributed by atoms with Gasteiger partial charge in [-0.1, -0.05) is 29.3 Å². The van der Waals surface area contributed by atoms with Crippen LogP contribution in [-0.4, -0.2) is 44.2 Å². The monoisotopic (exact) mass is 665 g/mol. The molecule has 2 aromatic rings. The molecule has 1 N–H and O–H groups in total. The van der Waals surface area contributed by atoms with Crippen molar-refractivity contribution >= 4 is 44.8 Å². The molecule has 18 heteroatoms. The first-order valence-corrected chi connectivity index (χ1v) is 13.4. The van der Waals surface area contributed by atoms with Crippen molar-refractivity contribution in [2.24, 2.45) is 0 Å². The summed E-state index contributed by atoms with van der Waals surface area (Å²) in [6.07, 6.45) is -15.9. The van der Waals surface area contributed by atoms with Crippen LogP contribution in [0.4, 0.5) is 48.3 Å². The second-order valence-corrected chi connectivity index (χ2v) is 11.6. The first-order chi connectivity index (χ1) is 18.4. The Hall–Kier alpha value is -2.59. The summed E-state index contributed by atoms with van der Waals surface area (Å²) in [6.45, 7) is 0.904. The highest BCUT2D eigenvalue weighted by molar-refractivity contribution is 7.91. The summed E-state index contributed by atoms with van der Waals surface area (Å²) in [4.78, 5) is 12.4. The standard InChI is InChI=1S/C23H16Cl2F11NO3S/c1-10(8-41(39,40)9-21(28,29)30)37-20(38)13-3-2-11(4-15(13)23(34,35)36)18(26)7-14(22(31,32)33)12-5-16(24)19(27)17(25)6-12/h2-7,10,14H,8-9H2,1H3,(H,37,38)/b18-7-. The molecule has 0 heterocycles. The fraction of sp³-hybridized carbons (Fsp3) is 0.348. The molecule has 2 rings (SSSR count). The average molecular weight is 666 g/mol. The summed E-state index contributed by atoms with van der Waals surface area (Å²) in [7, 11) is -4.83. The Morgan fingerprint density at radius 2 is 1.51 bits per heavy atom. The van der Waals surface area contributed by atoms with Gasteiger partial charge in [0.2, 0.25) is 0 Å². The Balaban J connectivity index is 2.46. The van der Waals surface area contributed by atoms with Gasteiger partial charge >= 0.3 is 18.5 Å². The van der Waals surface area contributed by atoms with Crippen LogP contribution in [0.15, 0.2) is 36.4 Å². The summed E-state index contributed by atoms with van der Waals surface area (Å²) in [5.74, 6) is -11.1. The highest BCUT2D eigenvalue weighted by Crippen LogP contribution is 2.41. The molecule has 0 bridgehead atoms. The maximum Gasteiger partial charge on any atom is 0.417 e. The van der Waals surface area contributed by atoms with Gasteiger partial charge in [0.25, 0.3) is 5.91 Å². The molecule has 0 saturated carbocycles. The molecule has 1 amide bonds. The molecular weight excluding hydrogens is 650 g/mol. The molecule has 0 aliphatic carbocycles. The van der Waals surface area contributed by atoms with Gasteiger partial charge < -0.3 is 5.32 Å². The highest BCUT2D eigenvalue weighted by atomic mass is 35.5. The lowest BCUT2D eigenvalue weighted by molar-refractivity contribution is -0.140. The van der Waals surface area contributed by atoms with Crippen LogP contribution >= 0.6 is 23.2 Å². The van der Waals surface area contributed by atoms with Crippen molar-refractivity contribution in [3.05, 3.63) is 74.5 Å². The van der Waals surface area contributed by atoms with Crippen molar-refractivity contribution in [2.45, 2.75) is 37.4 Å². The van der Waals surface area contributed by atoms with Crippen molar-refractivity contribution in [3.8, 4) is 0 Å². The molecule has 0 fully saturated rings. The molecule has 2 aromatic carbocycles. The number of amides is 1. The highest BCUT2D eigenvalue weighted by Gasteiger charge is 2.41. The minimum Gasteiger partial charge on any atom is -0.349 e. The van der Waals surface area contributed by atoms with E-state index in [9.17, 15) is 61.5 Å². The maximum absolute atomic E-state index is 14.9. The van der Waals surface area contributed by atoms with Gasteiger partial charge in [0, 0.05) is 11.6 Å². The van der Waals surface area contributed by atoms with E-state index in [0.717, 1.165) is 6.92 Å². The molecule has 2 unspecified atom stereocenters. The Morgan fingerprint density at radius 1 is 0.976 bits per heavy atom. The number of sulfone groups is 1. The lowest BCUT2D eigenvalue weighted by atomic mass is 9.95. The van der Waals surface area contributed by atoms with Crippen LogP contribution in [0.1, 0.15) is 39.9 Å². The lowest BCUT2D eigenvalue weighted by Gasteiger charge is -2.19. The fourth-order valence-electron chi connectivity index (χ4n) is 3.53. The summed E-state index contributed by atoms with van der Waals surface area (Å²) < 4.78 is 171. The zero-order valence-corrected chi connectivity index (χ0v) is 22.4. The molecule has 0 aliphatic rings. The number of nitrogens with one attached hydrogen (secondary N) is 1. The fourth-order valence-corrected chi connectivity index (χ4v) is 5.50. The number of carbonyl (C=O) groups excluding carboxylic acids is 1. The Kier molecular flexibility index (Phi) is 10.4. The van der Waals surface area contributed by atoms with E-state index < -0.39 is 102 Å². The van der Waals surface area contributed by atoms with Crippen LogP contribution in [-0.2, 0) is 16.0 Å². The minimum absolute atomic E-state index is 0.00383. The predicted octanol–water partition coefficient (Wildman–Crippen LogP) is 7.90. The third kappa shape index (κ3) is 9.74. The number of halogens is 13. The molecular formula is C23H16Cl2F11NO3S. The molecule has 2 atom stereocenters. The Morgan fingerprint density at radius 3 is 1.98 bits per heavy atom. The van der Waals surface area contributed by atoms with Crippen molar-refractivity contribution in [1.29, 1.82) is 0 Å². The van der Waals surface area contributed by atoms with Gasteiger partial charge in [-0.25, -0.2) is 17.2 Å². The maximum atomic E-state index is 14.9. The molecule has 4 nitrogen and oxygen atoms in total. The summed E-state index contributed by atoms with van der Waals surface area (Å²) in [5.41, 5.74) is -4.98. The van der Waals surface area contributed by atoms with E-state index >= 15 is 0 Å². The Labute approximate surface area is 235 Å². The number of benzene rings is 2. The van der Waals surface area contributed by atoms with E-state index in [-0.39, 0.29) is 12.1 Å². The zero-order valence-electron chi connectivity index (χ0n) is 20.1. The van der Waals surface area contributed by atoms with Gasteiger partial charge in [-0.2, -0.15) is 39.5 Å². The van der Waals surface area contributed by atoms with Crippen LogP contribution in [0.5, 0.6) is 0 Å². The normalized spacial score (nSPS) is 15.0. The van der Waals surface area contributed by atoms with Crippen LogP contribution in [0.2, 0.25) is 10.0 Å². The molecule has 0 aliphatic heterocycles. The molecule has 41 heavy (non-hydrogen) atoms. The lowest BCUT2D eigenvalue weighted by Crippen LogP contribution is -2.40. The molecule has 0 radical (unpaired) electrons. The summed E-state index contributed by atoms with van der Waals surface area (Å²) in [5, 5.41) is 0.106. The number of alkyl halides is 9. The smallest absolute Gasteiger partial charge is 0.349 e. The second kappa shape index (κ2) is 12.3. The van der Waals surface area contributed by atoms with Crippen molar-refractivity contribution in [1.82, 2.24) is 5.32 Å². The number of allylic oxidation sites excluding steroid dienone is 1. The molecule has 0 aromatic heterocycles. The van der Waals surface area contributed by atoms with E-state index in [1.54, 1.807) is 5.32 Å². The zero-order chi connectivity index (χ0) is 31.7. The molecule has 0 saturated heterocycles. The largest absolute Gasteiger partial charge is 0.417 e. The van der Waals surface area contributed by atoms with Crippen molar-refractivity contribution in [2.75, 3.05) is 11.5 Å². The topological polar surface area (TPSA) is 63.2 Å². The quantitative estimate of drug-likeness (QED) is 0.230. The first kappa shape index (κ1) is 34.6. The SMILES string of the molecule is CC(CS(=O)(=O)CC(F)(F)F)NC(=O)c1ccc(/C(F)=C/C(c2cc(Cl)c(F)c(Cl)c2)C(F)(F)F)cc1C(F)(F)F. The number of carbonyl (C=O) groups is 1. The molecule has 228 valence electrons. The van der Waals surface area contributed by atoms with Crippen LogP contribution < -0.4 is 5.32 Å². The summed E-state index contributed by atoms with van der Waals surface area (Å²) >= 11 is 11.0. The second-order valence-electron chi connectivity index (χ2n) is 8.63. The van der Waals surface area contributed by atoms with Gasteiger partial charge in [-0.15, -0.1) is 0 Å². The van der Waals surface area contributed by atoms with Crippen LogP contribution in [0.25, 0.3) is 5.83 Å². The summed E-state index contributed by atoms with van der Waals surface area (Å²) in [6, 6.07) is 0.286. The first-order valence-electron chi connectivity index (χ1n) is 10.8. The van der Waals surface area contributed by atoms with Gasteiger partial charge in [0.15, 0.2) is 15.7 Å². The number of hydrogen-bond donors (Lipinski definition) is 1. The minimum atomic E-state index is -5.39. The van der Waals surface area contributed by atoms with Crippen LogP contribution in [0, 0.1) is 5.82 Å². The number of rotatable bonds is 8. The van der Waals surface area contributed by atoms with E-state index in [4.69, 9.17) is 23.2 Å². The van der Waals surface area contributed by atoms with E-state index in [1.807, 2.05) is 0 Å². The van der Waals surface area contributed by atoms with Gasteiger partial charge in [-0.05, 0) is 42.8 Å². The van der Waals surface area contributed by atoms with Crippen molar-refractivity contribution in [3.63, 3.8) is 0 Å². The predicted molar refractivity (Wildman–Crippen MR) is 127 cm³/mol. The van der Waals surface area contributed by atoms with E-state index in [2.05, 4.69) is 0 Å². The van der Waals surface area contributed by atoms with Gasteiger partial charge in [0.1, 0.15) is 17.5 Å². The van der Waals surface area contributed by atoms with Crippen LogP contribution in [0.3, 0.4) is 0 Å². The van der Waals surface area contributed by atoms with Gasteiger partial charge in [-0.3, -0.25) is 4.79 Å². The van der Waals surface area contributed by atoms with Gasteiger partial charge in [0.05, 0.1) is 26.9 Å². The molecule has 0 spiro atoms. The average Bonchev–Trinajstić information content (AvgIpc) is 2.76. The van der Waals surface area contributed by atoms with E-state index in [0.29, 0.717) is 24.3 Å². The Bertz CT molecular complexity index is 1410. The number of hydrogen-bond acceptors (Lipinski definition) is 3. The third-order valence-electron chi connectivity index (χ3n) is 5.14. The third-order valence-corrected chi connectivity index (χ3v) is 7.47. The van der Waals surface area contributed by atoms with Crippen molar-refractivity contribution < 1.29 is 61.5 Å².